The van der Waals surface area contributed by atoms with E-state index in [1.165, 1.54) is 0 Å². The van der Waals surface area contributed by atoms with Crippen LogP contribution in [-0.2, 0) is 20.9 Å². The predicted octanol–water partition coefficient (Wildman–Crippen LogP) is 0.148. The first-order valence-corrected chi connectivity index (χ1v) is 6.91. The fraction of sp³-hybridized carbons (Fsp3) is 0.400. The highest BCUT2D eigenvalue weighted by molar-refractivity contribution is 5.91. The van der Waals surface area contributed by atoms with Crippen LogP contribution in [0.3, 0.4) is 0 Å². The van der Waals surface area contributed by atoms with Crippen LogP contribution in [0.2, 0.25) is 0 Å². The zero-order chi connectivity index (χ0) is 16.1. The maximum Gasteiger partial charge on any atom is 0.307 e. The van der Waals surface area contributed by atoms with Gasteiger partial charge < -0.3 is 20.5 Å². The molecule has 0 heterocycles. The number of benzene rings is 1. The molecule has 22 heavy (non-hydrogen) atoms. The molecule has 118 valence electrons. The van der Waals surface area contributed by atoms with Gasteiger partial charge in [0.05, 0.1) is 25.5 Å². The Morgan fingerprint density at radius 3 is 2.41 bits per heavy atom. The van der Waals surface area contributed by atoms with Gasteiger partial charge in [0.15, 0.2) is 0 Å². The van der Waals surface area contributed by atoms with Gasteiger partial charge in [-0.25, -0.2) is 0 Å². The van der Waals surface area contributed by atoms with E-state index in [4.69, 9.17) is 9.84 Å². The number of carboxylic acid groups (broad SMARTS) is 1. The monoisotopic (exact) mass is 306 g/mol. The van der Waals surface area contributed by atoms with Gasteiger partial charge in [0, 0.05) is 6.54 Å². The largest absolute Gasteiger partial charge is 0.497 e. The number of rotatable bonds is 7. The molecule has 7 nitrogen and oxygen atoms in total. The molecule has 1 aromatic carbocycles. The minimum Gasteiger partial charge on any atom is -0.497 e. The van der Waals surface area contributed by atoms with Crippen molar-refractivity contribution in [1.82, 2.24) is 10.6 Å². The van der Waals surface area contributed by atoms with Crippen LogP contribution in [0.1, 0.15) is 12.0 Å². The van der Waals surface area contributed by atoms with Gasteiger partial charge in [0.2, 0.25) is 11.8 Å². The van der Waals surface area contributed by atoms with E-state index in [1.807, 2.05) is 12.1 Å². The highest BCUT2D eigenvalue weighted by Gasteiger charge is 2.48. The molecule has 0 bridgehead atoms. The maximum atomic E-state index is 11.6. The van der Waals surface area contributed by atoms with Crippen molar-refractivity contribution >= 4 is 17.8 Å². The third kappa shape index (κ3) is 4.21. The molecular formula is C15H18N2O5. The maximum absolute atomic E-state index is 11.6. The molecule has 1 aromatic rings. The molecule has 1 aliphatic rings. The van der Waals surface area contributed by atoms with Crippen LogP contribution in [0, 0.1) is 11.8 Å². The Labute approximate surface area is 127 Å². The van der Waals surface area contributed by atoms with E-state index in [2.05, 4.69) is 10.6 Å². The lowest BCUT2D eigenvalue weighted by molar-refractivity contribution is -0.140. The van der Waals surface area contributed by atoms with E-state index in [-0.39, 0.29) is 18.4 Å². The lowest BCUT2D eigenvalue weighted by Gasteiger charge is -2.07. The molecule has 1 aliphatic carbocycles. The number of amides is 2. The Kier molecular flexibility index (Phi) is 4.98. The second-order valence-corrected chi connectivity index (χ2v) is 5.13. The summed E-state index contributed by atoms with van der Waals surface area (Å²) in [5.41, 5.74) is 0.911. The summed E-state index contributed by atoms with van der Waals surface area (Å²) in [7, 11) is 1.58. The van der Waals surface area contributed by atoms with E-state index < -0.39 is 17.8 Å². The summed E-state index contributed by atoms with van der Waals surface area (Å²) in [6, 6.07) is 7.25. The number of hydrogen-bond donors (Lipinski definition) is 3. The van der Waals surface area contributed by atoms with Gasteiger partial charge in [-0.15, -0.1) is 0 Å². The van der Waals surface area contributed by atoms with Crippen LogP contribution in [0.5, 0.6) is 5.75 Å². The molecule has 2 rings (SSSR count). The molecule has 0 radical (unpaired) electrons. The molecule has 7 heteroatoms. The molecule has 0 spiro atoms. The van der Waals surface area contributed by atoms with E-state index in [0.717, 1.165) is 11.3 Å². The Hall–Kier alpha value is -2.57. The van der Waals surface area contributed by atoms with Crippen LogP contribution >= 0.6 is 0 Å². The van der Waals surface area contributed by atoms with Crippen molar-refractivity contribution in [2.24, 2.45) is 11.8 Å². The predicted molar refractivity (Wildman–Crippen MR) is 77.1 cm³/mol. The van der Waals surface area contributed by atoms with Gasteiger partial charge in [-0.3, -0.25) is 14.4 Å². The van der Waals surface area contributed by atoms with Crippen LogP contribution in [-0.4, -0.2) is 36.5 Å². The van der Waals surface area contributed by atoms with Crippen molar-refractivity contribution in [2.45, 2.75) is 13.0 Å². The summed E-state index contributed by atoms with van der Waals surface area (Å²) >= 11 is 0. The third-order valence-corrected chi connectivity index (χ3v) is 3.52. The summed E-state index contributed by atoms with van der Waals surface area (Å²) < 4.78 is 5.04. The highest BCUT2D eigenvalue weighted by atomic mass is 16.5. The average Bonchev–Trinajstić information content (AvgIpc) is 3.32. The number of methoxy groups -OCH3 is 1. The molecule has 2 atom stereocenters. The van der Waals surface area contributed by atoms with Gasteiger partial charge in [-0.05, 0) is 24.1 Å². The zero-order valence-electron chi connectivity index (χ0n) is 12.2. The summed E-state index contributed by atoms with van der Waals surface area (Å²) in [5.74, 6) is -2.05. The Bertz CT molecular complexity index is 570. The Balaban J connectivity index is 1.67. The van der Waals surface area contributed by atoms with E-state index >= 15 is 0 Å². The van der Waals surface area contributed by atoms with Gasteiger partial charge in [-0.1, -0.05) is 12.1 Å². The van der Waals surface area contributed by atoms with Gasteiger partial charge in [0.25, 0.3) is 0 Å². The quantitative estimate of drug-likeness (QED) is 0.665. The van der Waals surface area contributed by atoms with E-state index in [0.29, 0.717) is 13.0 Å². The van der Waals surface area contributed by atoms with E-state index in [1.54, 1.807) is 19.2 Å². The second-order valence-electron chi connectivity index (χ2n) is 5.13. The first-order valence-electron chi connectivity index (χ1n) is 6.91. The highest BCUT2D eigenvalue weighted by Crippen LogP contribution is 2.38. The van der Waals surface area contributed by atoms with E-state index in [9.17, 15) is 14.4 Å². The summed E-state index contributed by atoms with van der Waals surface area (Å²) in [5, 5.41) is 13.9. The van der Waals surface area contributed by atoms with Crippen molar-refractivity contribution in [3.63, 3.8) is 0 Å². The number of ether oxygens (including phenoxy) is 1. The summed E-state index contributed by atoms with van der Waals surface area (Å²) in [4.78, 5) is 33.9. The number of carboxylic acids is 1. The number of nitrogens with one attached hydrogen (secondary N) is 2. The molecule has 1 fully saturated rings. The first kappa shape index (κ1) is 15.8. The average molecular weight is 306 g/mol. The molecule has 1 saturated carbocycles. The molecule has 2 amide bonds. The molecule has 0 aromatic heterocycles. The smallest absolute Gasteiger partial charge is 0.307 e. The van der Waals surface area contributed by atoms with Gasteiger partial charge >= 0.3 is 5.97 Å². The zero-order valence-corrected chi connectivity index (χ0v) is 12.2. The van der Waals surface area contributed by atoms with Crippen molar-refractivity contribution in [1.29, 1.82) is 0 Å². The van der Waals surface area contributed by atoms with Gasteiger partial charge in [-0.2, -0.15) is 0 Å². The second kappa shape index (κ2) is 6.93. The molecule has 0 saturated heterocycles. The summed E-state index contributed by atoms with van der Waals surface area (Å²) in [6.45, 7) is 0.192. The minimum absolute atomic E-state index is 0.155. The fourth-order valence-corrected chi connectivity index (χ4v) is 2.06. The fourth-order valence-electron chi connectivity index (χ4n) is 2.06. The lowest BCUT2D eigenvalue weighted by Crippen LogP contribution is -2.37. The van der Waals surface area contributed by atoms with Crippen molar-refractivity contribution < 1.29 is 24.2 Å². The first-order chi connectivity index (χ1) is 10.5. The SMILES string of the molecule is COc1ccc(CNC(=O)CNC(=O)C2CC2C(=O)O)cc1. The van der Waals surface area contributed by atoms with Crippen LogP contribution in [0.4, 0.5) is 0 Å². The number of carbonyl (C=O) groups excluding carboxylic acids is 2. The van der Waals surface area contributed by atoms with Crippen molar-refractivity contribution in [3.05, 3.63) is 29.8 Å². The topological polar surface area (TPSA) is 105 Å². The van der Waals surface area contributed by atoms with Crippen molar-refractivity contribution in [2.75, 3.05) is 13.7 Å². The molecular weight excluding hydrogens is 288 g/mol. The summed E-state index contributed by atoms with van der Waals surface area (Å²) in [6.07, 6.45) is 0.342. The Morgan fingerprint density at radius 1 is 1.18 bits per heavy atom. The number of aliphatic carboxylic acids is 1. The number of carbonyl (C=O) groups is 3. The molecule has 3 N–H and O–H groups in total. The molecule has 2 unspecified atom stereocenters. The molecule has 0 aliphatic heterocycles. The normalized spacial score (nSPS) is 19.1. The van der Waals surface area contributed by atoms with Crippen LogP contribution in [0.25, 0.3) is 0 Å². The third-order valence-electron chi connectivity index (χ3n) is 3.52. The van der Waals surface area contributed by atoms with Gasteiger partial charge in [0.1, 0.15) is 5.75 Å². The van der Waals surface area contributed by atoms with Crippen LogP contribution < -0.4 is 15.4 Å². The van der Waals surface area contributed by atoms with Crippen LogP contribution in [0.15, 0.2) is 24.3 Å². The van der Waals surface area contributed by atoms with Crippen molar-refractivity contribution in [3.8, 4) is 5.75 Å². The minimum atomic E-state index is -0.968. The lowest BCUT2D eigenvalue weighted by atomic mass is 10.2. The number of hydrogen-bond acceptors (Lipinski definition) is 4. The Morgan fingerprint density at radius 2 is 1.86 bits per heavy atom. The standard InChI is InChI=1S/C15H18N2O5/c1-22-10-4-2-9(3-5-10)7-16-13(18)8-17-14(19)11-6-12(11)15(20)21/h2-5,11-12H,6-8H2,1H3,(H,16,18)(H,17,19)(H,20,21).